The Kier molecular flexibility index (Phi) is 5.16. The summed E-state index contributed by atoms with van der Waals surface area (Å²) in [6.45, 7) is 4.01. The van der Waals surface area contributed by atoms with Gasteiger partial charge in [-0.15, -0.1) is 0 Å². The summed E-state index contributed by atoms with van der Waals surface area (Å²) in [6.07, 6.45) is 4.67. The van der Waals surface area contributed by atoms with Crippen molar-refractivity contribution in [2.45, 2.75) is 26.7 Å². The normalized spacial score (nSPS) is 9.73. The molecular formula is C18H16N2O2. The van der Waals surface area contributed by atoms with Crippen molar-refractivity contribution in [3.8, 4) is 11.1 Å². The molecule has 2 rings (SSSR count). The van der Waals surface area contributed by atoms with Gasteiger partial charge in [0.2, 0.25) is 12.2 Å². The summed E-state index contributed by atoms with van der Waals surface area (Å²) in [6, 6.07) is 11.6. The van der Waals surface area contributed by atoms with Crippen LogP contribution in [0.1, 0.15) is 25.0 Å². The third kappa shape index (κ3) is 3.09. The second-order valence-corrected chi connectivity index (χ2v) is 4.77. The van der Waals surface area contributed by atoms with Gasteiger partial charge < -0.3 is 0 Å². The van der Waals surface area contributed by atoms with E-state index < -0.39 is 0 Å². The van der Waals surface area contributed by atoms with Crippen LogP contribution in [0.15, 0.2) is 46.4 Å². The van der Waals surface area contributed by atoms with Crippen molar-refractivity contribution in [3.63, 3.8) is 0 Å². The molecule has 0 spiro atoms. The fourth-order valence-electron chi connectivity index (χ4n) is 2.49. The maximum Gasteiger partial charge on any atom is 0.240 e. The number of nitrogens with zero attached hydrogens (tertiary/aromatic N) is 2. The van der Waals surface area contributed by atoms with E-state index in [1.807, 2.05) is 25.1 Å². The number of carbonyl (C=O) groups excluding carboxylic acids is 2. The molecule has 0 amide bonds. The first-order valence-electron chi connectivity index (χ1n) is 7.16. The Morgan fingerprint density at radius 1 is 0.955 bits per heavy atom. The number of aliphatic imine (C=N–C) groups is 2. The molecule has 0 aliphatic rings. The lowest BCUT2D eigenvalue weighted by Gasteiger charge is -2.12. The minimum atomic E-state index is 0.488. The lowest BCUT2D eigenvalue weighted by atomic mass is 9.96. The molecule has 0 aromatic heterocycles. The van der Waals surface area contributed by atoms with E-state index in [9.17, 15) is 9.59 Å². The van der Waals surface area contributed by atoms with Crippen LogP contribution in [0, 0.1) is 0 Å². The van der Waals surface area contributed by atoms with Crippen molar-refractivity contribution in [3.05, 3.63) is 47.5 Å². The number of rotatable bonds is 5. The molecule has 0 N–H and O–H groups in total. The number of isocyanates is 2. The molecule has 0 radical (unpaired) electrons. The van der Waals surface area contributed by atoms with Crippen molar-refractivity contribution in [1.82, 2.24) is 0 Å². The molecule has 2 aromatic rings. The summed E-state index contributed by atoms with van der Waals surface area (Å²) >= 11 is 0. The van der Waals surface area contributed by atoms with E-state index in [0.29, 0.717) is 17.8 Å². The highest BCUT2D eigenvalue weighted by Crippen LogP contribution is 2.39. The maximum atomic E-state index is 10.8. The highest BCUT2D eigenvalue weighted by Gasteiger charge is 2.13. The Balaban J connectivity index is 2.74. The largest absolute Gasteiger partial charge is 0.240 e. The van der Waals surface area contributed by atoms with Crippen molar-refractivity contribution >= 4 is 23.5 Å². The standard InChI is InChI=1S/C18H16N2O2/c1-3-13-6-5-7-14(10-13)16-8-9-17(19-11-21)15(4-2)18(16)20-12-22/h5-10H,3-4H2,1-2H3. The molecule has 0 atom stereocenters. The summed E-state index contributed by atoms with van der Waals surface area (Å²) in [5, 5.41) is 0. The first kappa shape index (κ1) is 15.6. The second-order valence-electron chi connectivity index (χ2n) is 4.77. The van der Waals surface area contributed by atoms with Gasteiger partial charge in [-0.25, -0.2) is 9.59 Å². The van der Waals surface area contributed by atoms with Crippen LogP contribution in [0.4, 0.5) is 11.4 Å². The molecular weight excluding hydrogens is 276 g/mol. The van der Waals surface area contributed by atoms with Crippen LogP contribution >= 0.6 is 0 Å². The lowest BCUT2D eigenvalue weighted by Crippen LogP contribution is -1.89. The topological polar surface area (TPSA) is 58.9 Å². The van der Waals surface area contributed by atoms with Crippen molar-refractivity contribution < 1.29 is 9.59 Å². The van der Waals surface area contributed by atoms with Crippen LogP contribution in [0.5, 0.6) is 0 Å². The van der Waals surface area contributed by atoms with E-state index in [-0.39, 0.29) is 0 Å². The van der Waals surface area contributed by atoms with Gasteiger partial charge in [0.05, 0.1) is 11.4 Å². The first-order chi connectivity index (χ1) is 10.7. The zero-order valence-electron chi connectivity index (χ0n) is 12.6. The van der Waals surface area contributed by atoms with E-state index in [2.05, 4.69) is 29.0 Å². The monoisotopic (exact) mass is 292 g/mol. The minimum absolute atomic E-state index is 0.488. The quantitative estimate of drug-likeness (QED) is 0.605. The SMILES string of the molecule is CCc1cccc(-c2ccc(N=C=O)c(CC)c2N=C=O)c1. The molecule has 0 aliphatic carbocycles. The average Bonchev–Trinajstić information content (AvgIpc) is 2.56. The molecule has 0 saturated carbocycles. The zero-order valence-corrected chi connectivity index (χ0v) is 12.6. The van der Waals surface area contributed by atoms with Gasteiger partial charge in [-0.2, -0.15) is 9.98 Å². The zero-order chi connectivity index (χ0) is 15.9. The molecule has 0 aliphatic heterocycles. The summed E-state index contributed by atoms with van der Waals surface area (Å²) in [4.78, 5) is 28.9. The average molecular weight is 292 g/mol. The first-order valence-corrected chi connectivity index (χ1v) is 7.16. The number of hydrogen-bond acceptors (Lipinski definition) is 4. The number of benzene rings is 2. The minimum Gasteiger partial charge on any atom is -0.211 e. The van der Waals surface area contributed by atoms with Gasteiger partial charge >= 0.3 is 0 Å². The molecule has 0 fully saturated rings. The van der Waals surface area contributed by atoms with Gasteiger partial charge in [-0.3, -0.25) is 0 Å². The lowest BCUT2D eigenvalue weighted by molar-refractivity contribution is 0.565. The molecule has 0 unspecified atom stereocenters. The van der Waals surface area contributed by atoms with Crippen LogP contribution in [0.3, 0.4) is 0 Å². The highest BCUT2D eigenvalue weighted by molar-refractivity contribution is 5.83. The molecule has 4 nitrogen and oxygen atoms in total. The summed E-state index contributed by atoms with van der Waals surface area (Å²) in [5.41, 5.74) is 4.76. The smallest absolute Gasteiger partial charge is 0.211 e. The van der Waals surface area contributed by atoms with Crippen LogP contribution < -0.4 is 0 Å². The third-order valence-corrected chi connectivity index (χ3v) is 3.58. The molecule has 2 aromatic carbocycles. The molecule has 110 valence electrons. The van der Waals surface area contributed by atoms with E-state index in [4.69, 9.17) is 0 Å². The van der Waals surface area contributed by atoms with Crippen molar-refractivity contribution in [1.29, 1.82) is 0 Å². The van der Waals surface area contributed by atoms with Gasteiger partial charge in [-0.05, 0) is 36.1 Å². The summed E-state index contributed by atoms with van der Waals surface area (Å²) < 4.78 is 0. The van der Waals surface area contributed by atoms with Crippen LogP contribution in [-0.2, 0) is 22.4 Å². The van der Waals surface area contributed by atoms with Gasteiger partial charge in [0.1, 0.15) is 0 Å². The number of aryl methyl sites for hydroxylation is 1. The third-order valence-electron chi connectivity index (χ3n) is 3.58. The van der Waals surface area contributed by atoms with E-state index in [1.165, 1.54) is 5.56 Å². The van der Waals surface area contributed by atoms with Crippen LogP contribution in [0.25, 0.3) is 11.1 Å². The maximum absolute atomic E-state index is 10.8. The van der Waals surface area contributed by atoms with Gasteiger partial charge in [0.25, 0.3) is 0 Å². The second kappa shape index (κ2) is 7.28. The molecule has 0 heterocycles. The van der Waals surface area contributed by atoms with Crippen molar-refractivity contribution in [2.24, 2.45) is 9.98 Å². The van der Waals surface area contributed by atoms with E-state index in [1.54, 1.807) is 18.2 Å². The van der Waals surface area contributed by atoms with Crippen LogP contribution in [0.2, 0.25) is 0 Å². The Hall–Kier alpha value is -2.80. The van der Waals surface area contributed by atoms with Gasteiger partial charge in [0, 0.05) is 11.1 Å². The molecule has 4 heteroatoms. The highest BCUT2D eigenvalue weighted by atomic mass is 16.1. The number of hydrogen-bond donors (Lipinski definition) is 0. The fourth-order valence-corrected chi connectivity index (χ4v) is 2.49. The molecule has 22 heavy (non-hydrogen) atoms. The molecule has 0 bridgehead atoms. The molecule has 0 saturated heterocycles. The van der Waals surface area contributed by atoms with Gasteiger partial charge in [-0.1, -0.05) is 38.1 Å². The summed E-state index contributed by atoms with van der Waals surface area (Å²) in [7, 11) is 0. The Bertz CT molecular complexity index is 784. The Labute approximate surface area is 129 Å². The van der Waals surface area contributed by atoms with Gasteiger partial charge in [0.15, 0.2) is 0 Å². The van der Waals surface area contributed by atoms with E-state index in [0.717, 1.165) is 23.1 Å². The Morgan fingerprint density at radius 2 is 1.73 bits per heavy atom. The predicted octanol–water partition coefficient (Wildman–Crippen LogP) is 4.41. The van der Waals surface area contributed by atoms with Crippen LogP contribution in [-0.4, -0.2) is 12.2 Å². The van der Waals surface area contributed by atoms with Crippen molar-refractivity contribution in [2.75, 3.05) is 0 Å². The predicted molar refractivity (Wildman–Crippen MR) is 86.2 cm³/mol. The Morgan fingerprint density at radius 3 is 2.36 bits per heavy atom. The summed E-state index contributed by atoms with van der Waals surface area (Å²) in [5.74, 6) is 0. The fraction of sp³-hybridized carbons (Fsp3) is 0.222. The van der Waals surface area contributed by atoms with E-state index >= 15 is 0 Å².